The Bertz CT molecular complexity index is 862. The Labute approximate surface area is 147 Å². The SMILES string of the molecule is CC(C)NC(=O)CSc1ncnc2scc(-c3ccc(F)cc3)c12. The van der Waals surface area contributed by atoms with Gasteiger partial charge in [-0.2, -0.15) is 0 Å². The van der Waals surface area contributed by atoms with E-state index in [-0.39, 0.29) is 17.8 Å². The van der Waals surface area contributed by atoms with Crippen molar-refractivity contribution in [1.29, 1.82) is 0 Å². The molecule has 0 aliphatic heterocycles. The predicted molar refractivity (Wildman–Crippen MR) is 96.8 cm³/mol. The normalized spacial score (nSPS) is 11.2. The first kappa shape index (κ1) is 16.9. The van der Waals surface area contributed by atoms with Gasteiger partial charge in [-0.1, -0.05) is 23.9 Å². The molecule has 3 rings (SSSR count). The molecule has 0 aliphatic rings. The minimum Gasteiger partial charge on any atom is -0.353 e. The lowest BCUT2D eigenvalue weighted by Crippen LogP contribution is -2.31. The summed E-state index contributed by atoms with van der Waals surface area (Å²) in [4.78, 5) is 21.4. The molecule has 0 saturated carbocycles. The van der Waals surface area contributed by atoms with Crippen LogP contribution in [0, 0.1) is 5.82 Å². The summed E-state index contributed by atoms with van der Waals surface area (Å²) in [5.74, 6) is -0.00183. The number of nitrogens with zero attached hydrogens (tertiary/aromatic N) is 2. The summed E-state index contributed by atoms with van der Waals surface area (Å²) in [5, 5.41) is 6.53. The van der Waals surface area contributed by atoms with Crippen LogP contribution in [-0.2, 0) is 4.79 Å². The van der Waals surface area contributed by atoms with Crippen LogP contribution in [0.25, 0.3) is 21.3 Å². The molecule has 4 nitrogen and oxygen atoms in total. The molecule has 0 aliphatic carbocycles. The third-order valence-electron chi connectivity index (χ3n) is 3.28. The first-order valence-corrected chi connectivity index (χ1v) is 9.31. The van der Waals surface area contributed by atoms with Crippen molar-refractivity contribution in [3.63, 3.8) is 0 Å². The molecular weight excluding hydrogens is 345 g/mol. The summed E-state index contributed by atoms with van der Waals surface area (Å²) in [5.41, 5.74) is 1.87. The lowest BCUT2D eigenvalue weighted by atomic mass is 10.1. The molecule has 2 aromatic heterocycles. The maximum atomic E-state index is 13.2. The van der Waals surface area contributed by atoms with Gasteiger partial charge in [0.2, 0.25) is 5.91 Å². The summed E-state index contributed by atoms with van der Waals surface area (Å²) in [7, 11) is 0. The molecule has 24 heavy (non-hydrogen) atoms. The Balaban J connectivity index is 1.92. The summed E-state index contributed by atoms with van der Waals surface area (Å²) in [6.45, 7) is 3.86. The number of thioether (sulfide) groups is 1. The van der Waals surface area contributed by atoms with Gasteiger partial charge in [0.15, 0.2) is 0 Å². The monoisotopic (exact) mass is 361 g/mol. The number of carbonyl (C=O) groups is 1. The molecule has 1 N–H and O–H groups in total. The number of amides is 1. The van der Waals surface area contributed by atoms with E-state index < -0.39 is 0 Å². The highest BCUT2D eigenvalue weighted by molar-refractivity contribution is 8.00. The van der Waals surface area contributed by atoms with Gasteiger partial charge in [-0.05, 0) is 31.5 Å². The van der Waals surface area contributed by atoms with Crippen LogP contribution in [0.3, 0.4) is 0 Å². The fraction of sp³-hybridized carbons (Fsp3) is 0.235. The summed E-state index contributed by atoms with van der Waals surface area (Å²) < 4.78 is 13.2. The van der Waals surface area contributed by atoms with Gasteiger partial charge in [-0.25, -0.2) is 14.4 Å². The van der Waals surface area contributed by atoms with Gasteiger partial charge in [0.25, 0.3) is 0 Å². The molecule has 0 spiro atoms. The van der Waals surface area contributed by atoms with Gasteiger partial charge in [0.1, 0.15) is 22.0 Å². The average molecular weight is 361 g/mol. The molecule has 0 radical (unpaired) electrons. The van der Waals surface area contributed by atoms with E-state index in [0.717, 1.165) is 26.4 Å². The van der Waals surface area contributed by atoms with Gasteiger partial charge < -0.3 is 5.32 Å². The van der Waals surface area contributed by atoms with Crippen molar-refractivity contribution in [2.24, 2.45) is 0 Å². The van der Waals surface area contributed by atoms with Crippen LogP contribution in [0.2, 0.25) is 0 Å². The van der Waals surface area contributed by atoms with Gasteiger partial charge in [-0.3, -0.25) is 4.79 Å². The quantitative estimate of drug-likeness (QED) is 0.549. The fourth-order valence-electron chi connectivity index (χ4n) is 2.30. The van der Waals surface area contributed by atoms with E-state index in [1.54, 1.807) is 12.1 Å². The standard InChI is InChI=1S/C17H16FN3OS2/c1-10(2)21-14(22)8-24-17-15-13(7-23-16(15)19-9-20-17)11-3-5-12(18)6-4-11/h3-7,9-10H,8H2,1-2H3,(H,21,22). The van der Waals surface area contributed by atoms with E-state index in [9.17, 15) is 9.18 Å². The average Bonchev–Trinajstić information content (AvgIpc) is 2.97. The Morgan fingerprint density at radius 1 is 1.29 bits per heavy atom. The van der Waals surface area contributed by atoms with Crippen molar-refractivity contribution in [3.05, 3.63) is 41.8 Å². The first-order chi connectivity index (χ1) is 11.5. The van der Waals surface area contributed by atoms with E-state index in [0.29, 0.717) is 5.75 Å². The van der Waals surface area contributed by atoms with Crippen LogP contribution in [0.5, 0.6) is 0 Å². The number of nitrogens with one attached hydrogen (secondary N) is 1. The zero-order chi connectivity index (χ0) is 17.1. The molecule has 7 heteroatoms. The number of aromatic nitrogens is 2. The largest absolute Gasteiger partial charge is 0.353 e. The number of fused-ring (bicyclic) bond motifs is 1. The van der Waals surface area contributed by atoms with E-state index in [1.165, 1.54) is 41.6 Å². The highest BCUT2D eigenvalue weighted by atomic mass is 32.2. The number of carbonyl (C=O) groups excluding carboxylic acids is 1. The third kappa shape index (κ3) is 3.73. The van der Waals surface area contributed by atoms with Gasteiger partial charge in [0.05, 0.1) is 11.1 Å². The zero-order valence-corrected chi connectivity index (χ0v) is 14.9. The minimum absolute atomic E-state index is 0.0275. The Morgan fingerprint density at radius 2 is 2.04 bits per heavy atom. The van der Waals surface area contributed by atoms with Gasteiger partial charge in [0, 0.05) is 17.0 Å². The first-order valence-electron chi connectivity index (χ1n) is 7.45. The fourth-order valence-corrected chi connectivity index (χ4v) is 4.10. The maximum absolute atomic E-state index is 13.2. The van der Waals surface area contributed by atoms with Crippen molar-refractivity contribution in [1.82, 2.24) is 15.3 Å². The maximum Gasteiger partial charge on any atom is 0.230 e. The molecule has 1 amide bonds. The third-order valence-corrected chi connectivity index (χ3v) is 5.16. The molecule has 1 aromatic carbocycles. The van der Waals surface area contributed by atoms with Gasteiger partial charge >= 0.3 is 0 Å². The molecule has 0 fully saturated rings. The second-order valence-electron chi connectivity index (χ2n) is 5.53. The molecule has 3 aromatic rings. The van der Waals surface area contributed by atoms with Crippen molar-refractivity contribution in [3.8, 4) is 11.1 Å². The van der Waals surface area contributed by atoms with Crippen LogP contribution >= 0.6 is 23.1 Å². The van der Waals surface area contributed by atoms with Crippen molar-refractivity contribution >= 4 is 39.2 Å². The second kappa shape index (κ2) is 7.27. The van der Waals surface area contributed by atoms with E-state index in [4.69, 9.17) is 0 Å². The Morgan fingerprint density at radius 3 is 2.75 bits per heavy atom. The Kier molecular flexibility index (Phi) is 5.11. The lowest BCUT2D eigenvalue weighted by Gasteiger charge is -2.08. The Hall–Kier alpha value is -1.99. The molecule has 2 heterocycles. The van der Waals surface area contributed by atoms with Gasteiger partial charge in [-0.15, -0.1) is 11.3 Å². The van der Waals surface area contributed by atoms with Crippen molar-refractivity contribution in [2.75, 3.05) is 5.75 Å². The lowest BCUT2D eigenvalue weighted by molar-refractivity contribution is -0.119. The number of thiophene rings is 1. The highest BCUT2D eigenvalue weighted by Crippen LogP contribution is 2.37. The number of benzene rings is 1. The van der Waals surface area contributed by atoms with Crippen LogP contribution in [-0.4, -0.2) is 27.7 Å². The van der Waals surface area contributed by atoms with E-state index in [1.807, 2.05) is 19.2 Å². The van der Waals surface area contributed by atoms with Crippen molar-refractivity contribution in [2.45, 2.75) is 24.9 Å². The molecular formula is C17H16FN3OS2. The number of rotatable bonds is 5. The molecule has 0 saturated heterocycles. The number of hydrogen-bond donors (Lipinski definition) is 1. The summed E-state index contributed by atoms with van der Waals surface area (Å²) in [6.07, 6.45) is 1.51. The van der Waals surface area contributed by atoms with E-state index >= 15 is 0 Å². The topological polar surface area (TPSA) is 54.9 Å². The number of hydrogen-bond acceptors (Lipinski definition) is 5. The zero-order valence-electron chi connectivity index (χ0n) is 13.2. The number of halogens is 1. The van der Waals surface area contributed by atoms with Crippen LogP contribution in [0.4, 0.5) is 4.39 Å². The molecule has 0 atom stereocenters. The summed E-state index contributed by atoms with van der Waals surface area (Å²) in [6, 6.07) is 6.46. The van der Waals surface area contributed by atoms with E-state index in [2.05, 4.69) is 15.3 Å². The van der Waals surface area contributed by atoms with Crippen LogP contribution in [0.1, 0.15) is 13.8 Å². The molecule has 124 valence electrons. The smallest absolute Gasteiger partial charge is 0.230 e. The molecule has 0 unspecified atom stereocenters. The van der Waals surface area contributed by atoms with Crippen LogP contribution in [0.15, 0.2) is 41.0 Å². The second-order valence-corrected chi connectivity index (χ2v) is 7.35. The highest BCUT2D eigenvalue weighted by Gasteiger charge is 2.15. The van der Waals surface area contributed by atoms with Crippen molar-refractivity contribution < 1.29 is 9.18 Å². The molecule has 0 bridgehead atoms. The van der Waals surface area contributed by atoms with Crippen LogP contribution < -0.4 is 5.32 Å². The minimum atomic E-state index is -0.269. The predicted octanol–water partition coefficient (Wildman–Crippen LogP) is 4.11. The summed E-state index contributed by atoms with van der Waals surface area (Å²) >= 11 is 2.90.